The number of nitrogens with one attached hydrogen (secondary N) is 4. The van der Waals surface area contributed by atoms with Gasteiger partial charge in [-0.05, 0) is 39.3 Å². The minimum Gasteiger partial charge on any atom is -0.481 e. The molecule has 0 aliphatic carbocycles. The third kappa shape index (κ3) is 9.39. The molecule has 1 aliphatic heterocycles. The van der Waals surface area contributed by atoms with Gasteiger partial charge in [0.25, 0.3) is 0 Å². The summed E-state index contributed by atoms with van der Waals surface area (Å²) in [6.45, 7) is 0.0945. The number of aliphatic hydroxyl groups excluding tert-OH is 1. The molecule has 0 aromatic rings. The van der Waals surface area contributed by atoms with Crippen molar-refractivity contribution < 1.29 is 34.2 Å². The van der Waals surface area contributed by atoms with Gasteiger partial charge >= 0.3 is 5.97 Å². The fourth-order valence-corrected chi connectivity index (χ4v) is 3.50. The van der Waals surface area contributed by atoms with Crippen molar-refractivity contribution in [2.45, 2.75) is 62.6 Å². The van der Waals surface area contributed by atoms with E-state index in [-0.39, 0.29) is 6.54 Å². The van der Waals surface area contributed by atoms with E-state index < -0.39 is 67.2 Å². The van der Waals surface area contributed by atoms with Gasteiger partial charge in [0.15, 0.2) is 0 Å². The van der Waals surface area contributed by atoms with Crippen LogP contribution in [0.4, 0.5) is 0 Å². The Hall–Kier alpha value is -2.65. The molecule has 14 nitrogen and oxygen atoms in total. The highest BCUT2D eigenvalue weighted by Crippen LogP contribution is 2.20. The molecule has 0 radical (unpaired) electrons. The molecule has 0 unspecified atom stereocenters. The zero-order valence-electron chi connectivity index (χ0n) is 18.7. The van der Waals surface area contributed by atoms with Crippen molar-refractivity contribution in [2.24, 2.45) is 11.5 Å². The van der Waals surface area contributed by atoms with E-state index in [9.17, 15) is 34.2 Å². The number of aliphatic carboxylic acids is 1. The van der Waals surface area contributed by atoms with Crippen molar-refractivity contribution in [3.05, 3.63) is 0 Å². The van der Waals surface area contributed by atoms with E-state index in [0.717, 1.165) is 0 Å². The number of hydrogen-bond acceptors (Lipinski definition) is 10. The Bertz CT molecular complexity index is 687. The van der Waals surface area contributed by atoms with Crippen molar-refractivity contribution >= 4 is 30.0 Å². The molecule has 0 aromatic carbocycles. The van der Waals surface area contributed by atoms with Crippen LogP contribution in [0.2, 0.25) is 0 Å². The quantitative estimate of drug-likeness (QED) is 0.0645. The van der Waals surface area contributed by atoms with Crippen molar-refractivity contribution in [3.8, 4) is 0 Å². The summed E-state index contributed by atoms with van der Waals surface area (Å²) in [5, 5.41) is 28.7. The normalized spacial score (nSPS) is 18.5. The second-order valence-corrected chi connectivity index (χ2v) is 7.75. The van der Waals surface area contributed by atoms with Crippen LogP contribution in [0.1, 0.15) is 32.1 Å². The summed E-state index contributed by atoms with van der Waals surface area (Å²) in [5.41, 5.74) is 10.8. The average Bonchev–Trinajstić information content (AvgIpc) is 3.25. The minimum absolute atomic E-state index is 0.197. The summed E-state index contributed by atoms with van der Waals surface area (Å²) < 4.78 is 0. The van der Waals surface area contributed by atoms with Crippen LogP contribution >= 0.6 is 0 Å². The first kappa shape index (κ1) is 28.4. The van der Waals surface area contributed by atoms with Crippen LogP contribution in [0.25, 0.3) is 0 Å². The number of aldehydes is 1. The van der Waals surface area contributed by atoms with Gasteiger partial charge in [0.2, 0.25) is 17.7 Å². The van der Waals surface area contributed by atoms with E-state index in [0.29, 0.717) is 38.5 Å². The van der Waals surface area contributed by atoms with Gasteiger partial charge in [-0.25, -0.2) is 0 Å². The van der Waals surface area contributed by atoms with Gasteiger partial charge in [-0.2, -0.15) is 0 Å². The SMILES string of the molecule is CN[C@@H](CO)C(=O)N[C@@H](CC(=O)O)C(=O)N1CCC[C@H]1C(=O)N[C@H](C=O)CCCNC(N)N. The highest BCUT2D eigenvalue weighted by molar-refractivity contribution is 5.95. The monoisotopic (exact) mass is 473 g/mol. The van der Waals surface area contributed by atoms with E-state index in [4.69, 9.17) is 11.5 Å². The lowest BCUT2D eigenvalue weighted by Crippen LogP contribution is -2.57. The zero-order valence-corrected chi connectivity index (χ0v) is 18.7. The number of amides is 3. The molecule has 1 saturated heterocycles. The number of nitrogens with zero attached hydrogens (tertiary/aromatic N) is 1. The molecule has 1 rings (SSSR count). The topological polar surface area (TPSA) is 229 Å². The Balaban J connectivity index is 2.82. The number of hydrogen-bond donors (Lipinski definition) is 8. The molecule has 0 saturated carbocycles. The molecular formula is C19H35N7O7. The number of likely N-dealkylation sites (N-methyl/N-ethyl adjacent to an activating group) is 1. The summed E-state index contributed by atoms with van der Waals surface area (Å²) in [4.78, 5) is 61.9. The average molecular weight is 474 g/mol. The van der Waals surface area contributed by atoms with Crippen LogP contribution in [0.5, 0.6) is 0 Å². The van der Waals surface area contributed by atoms with Crippen molar-refractivity contribution in [3.63, 3.8) is 0 Å². The predicted octanol–water partition coefficient (Wildman–Crippen LogP) is -4.23. The number of aliphatic hydroxyl groups is 1. The Morgan fingerprint density at radius 3 is 2.42 bits per heavy atom. The molecule has 0 spiro atoms. The van der Waals surface area contributed by atoms with Crippen LogP contribution in [0.15, 0.2) is 0 Å². The van der Waals surface area contributed by atoms with E-state index in [1.54, 1.807) is 0 Å². The number of rotatable bonds is 15. The van der Waals surface area contributed by atoms with Crippen molar-refractivity contribution in [1.82, 2.24) is 26.2 Å². The first-order valence-electron chi connectivity index (χ1n) is 10.8. The summed E-state index contributed by atoms with van der Waals surface area (Å²) in [5.74, 6) is -3.32. The number of carboxylic acids is 1. The molecular weight excluding hydrogens is 438 g/mol. The van der Waals surface area contributed by atoms with Gasteiger partial charge < -0.3 is 47.3 Å². The van der Waals surface area contributed by atoms with Crippen molar-refractivity contribution in [1.29, 1.82) is 0 Å². The van der Waals surface area contributed by atoms with Crippen LogP contribution in [-0.4, -0.2) is 102 Å². The Kier molecular flexibility index (Phi) is 12.5. The van der Waals surface area contributed by atoms with E-state index in [1.165, 1.54) is 11.9 Å². The molecule has 4 atom stereocenters. The van der Waals surface area contributed by atoms with Crippen LogP contribution in [0, 0.1) is 0 Å². The van der Waals surface area contributed by atoms with Gasteiger partial charge in [0.1, 0.15) is 30.7 Å². The van der Waals surface area contributed by atoms with E-state index in [1.807, 2.05) is 0 Å². The second kappa shape index (κ2) is 14.5. The molecule has 0 aromatic heterocycles. The second-order valence-electron chi connectivity index (χ2n) is 7.75. The zero-order chi connectivity index (χ0) is 25.0. The summed E-state index contributed by atoms with van der Waals surface area (Å²) in [6, 6.07) is -4.12. The molecule has 3 amide bonds. The van der Waals surface area contributed by atoms with Gasteiger partial charge in [0.05, 0.1) is 19.1 Å². The third-order valence-corrected chi connectivity index (χ3v) is 5.24. The van der Waals surface area contributed by atoms with Gasteiger partial charge in [0, 0.05) is 6.54 Å². The number of carboxylic acid groups (broad SMARTS) is 1. The van der Waals surface area contributed by atoms with Gasteiger partial charge in [-0.3, -0.25) is 24.5 Å². The predicted molar refractivity (Wildman–Crippen MR) is 116 cm³/mol. The number of likely N-dealkylation sites (tertiary alicyclic amines) is 1. The molecule has 14 heteroatoms. The molecule has 1 aliphatic rings. The molecule has 10 N–H and O–H groups in total. The van der Waals surface area contributed by atoms with E-state index >= 15 is 0 Å². The lowest BCUT2D eigenvalue weighted by molar-refractivity contribution is -0.146. The summed E-state index contributed by atoms with van der Waals surface area (Å²) in [7, 11) is 1.43. The molecule has 1 fully saturated rings. The van der Waals surface area contributed by atoms with E-state index in [2.05, 4.69) is 21.3 Å². The van der Waals surface area contributed by atoms with Crippen LogP contribution in [0.3, 0.4) is 0 Å². The first-order valence-corrected chi connectivity index (χ1v) is 10.8. The molecule has 188 valence electrons. The third-order valence-electron chi connectivity index (χ3n) is 5.24. The highest BCUT2D eigenvalue weighted by atomic mass is 16.4. The first-order chi connectivity index (χ1) is 15.6. The number of carbonyl (C=O) groups is 5. The smallest absolute Gasteiger partial charge is 0.305 e. The van der Waals surface area contributed by atoms with Crippen molar-refractivity contribution in [2.75, 3.05) is 26.7 Å². The highest BCUT2D eigenvalue weighted by Gasteiger charge is 2.39. The largest absolute Gasteiger partial charge is 0.481 e. The minimum atomic E-state index is -1.42. The molecule has 0 bridgehead atoms. The fourth-order valence-electron chi connectivity index (χ4n) is 3.50. The fraction of sp³-hybridized carbons (Fsp3) is 0.737. The number of carbonyl (C=O) groups excluding carboxylic acids is 4. The Labute approximate surface area is 191 Å². The van der Waals surface area contributed by atoms with Crippen LogP contribution < -0.4 is 32.7 Å². The van der Waals surface area contributed by atoms with Gasteiger partial charge in [-0.15, -0.1) is 0 Å². The molecule has 33 heavy (non-hydrogen) atoms. The standard InChI is InChI=1S/C19H35N7O7/c1-22-13(10-28)16(31)25-12(8-15(29)30)18(33)26-7-3-5-14(26)17(32)24-11(9-27)4-2-6-23-19(20)21/h9,11-14,19,22-23,28H,2-8,10,20-21H2,1H3,(H,24,32)(H,25,31)(H,29,30)/t11-,12-,13-,14-/m0/s1. The maximum Gasteiger partial charge on any atom is 0.305 e. The number of nitrogens with two attached hydrogens (primary N) is 2. The summed E-state index contributed by atoms with van der Waals surface area (Å²) >= 11 is 0. The maximum absolute atomic E-state index is 13.0. The van der Waals surface area contributed by atoms with Gasteiger partial charge in [-0.1, -0.05) is 0 Å². The maximum atomic E-state index is 13.0. The lowest BCUT2D eigenvalue weighted by Gasteiger charge is -2.29. The molecule has 1 heterocycles. The lowest BCUT2D eigenvalue weighted by atomic mass is 10.1. The Morgan fingerprint density at radius 1 is 1.18 bits per heavy atom. The Morgan fingerprint density at radius 2 is 1.88 bits per heavy atom. The van der Waals surface area contributed by atoms with Crippen LogP contribution in [-0.2, 0) is 24.0 Å². The summed E-state index contributed by atoms with van der Waals surface area (Å²) in [6.07, 6.45) is 0.901.